The third-order valence-electron chi connectivity index (χ3n) is 7.61. The summed E-state index contributed by atoms with van der Waals surface area (Å²) in [6.45, 7) is 4.21. The second-order valence-corrected chi connectivity index (χ2v) is 10.7. The first-order valence-electron chi connectivity index (χ1n) is 12.5. The van der Waals surface area contributed by atoms with Gasteiger partial charge in [0.25, 0.3) is 5.91 Å². The fourth-order valence-electron chi connectivity index (χ4n) is 5.50. The van der Waals surface area contributed by atoms with Crippen molar-refractivity contribution in [2.24, 2.45) is 0 Å². The number of amides is 1. The highest BCUT2D eigenvalue weighted by molar-refractivity contribution is 6.42. The number of aromatic nitrogens is 1. The van der Waals surface area contributed by atoms with Crippen LogP contribution in [-0.4, -0.2) is 53.9 Å². The number of likely N-dealkylation sites (tertiary alicyclic amines) is 1. The van der Waals surface area contributed by atoms with Gasteiger partial charge in [0.05, 0.1) is 22.3 Å². The monoisotopic (exact) mass is 523 g/mol. The van der Waals surface area contributed by atoms with Crippen LogP contribution in [0.3, 0.4) is 0 Å². The van der Waals surface area contributed by atoms with Gasteiger partial charge >= 0.3 is 0 Å². The zero-order valence-corrected chi connectivity index (χ0v) is 22.0. The summed E-state index contributed by atoms with van der Waals surface area (Å²) in [5.74, 6) is 0.0365. The predicted octanol–water partition coefficient (Wildman–Crippen LogP) is 6.16. The molecule has 1 unspecified atom stereocenters. The molecule has 1 fully saturated rings. The highest BCUT2D eigenvalue weighted by Crippen LogP contribution is 2.44. The van der Waals surface area contributed by atoms with Crippen molar-refractivity contribution in [3.05, 3.63) is 99.3 Å². The highest BCUT2D eigenvalue weighted by atomic mass is 35.5. The first-order chi connectivity index (χ1) is 17.4. The number of ether oxygens (including phenoxy) is 1. The lowest BCUT2D eigenvalue weighted by molar-refractivity contribution is -0.0790. The molecule has 0 radical (unpaired) electrons. The van der Waals surface area contributed by atoms with Crippen molar-refractivity contribution in [1.29, 1.82) is 0 Å². The van der Waals surface area contributed by atoms with Gasteiger partial charge in [0.1, 0.15) is 5.69 Å². The van der Waals surface area contributed by atoms with Gasteiger partial charge in [-0.1, -0.05) is 59.6 Å². The van der Waals surface area contributed by atoms with Crippen LogP contribution < -0.4 is 0 Å². The zero-order valence-electron chi connectivity index (χ0n) is 20.5. The summed E-state index contributed by atoms with van der Waals surface area (Å²) in [5, 5.41) is 1.07. The molecular weight excluding hydrogens is 493 g/mol. The molecule has 36 heavy (non-hydrogen) atoms. The molecule has 1 spiro atoms. The second-order valence-electron chi connectivity index (χ2n) is 9.84. The average molecular weight is 524 g/mol. The van der Waals surface area contributed by atoms with E-state index in [1.54, 1.807) is 17.2 Å². The minimum atomic E-state index is -0.133. The van der Waals surface area contributed by atoms with Gasteiger partial charge in [-0.25, -0.2) is 0 Å². The van der Waals surface area contributed by atoms with E-state index in [1.807, 2.05) is 37.4 Å². The lowest BCUT2D eigenvalue weighted by Crippen LogP contribution is -2.43. The number of hydrogen-bond donors (Lipinski definition) is 0. The molecule has 2 aromatic carbocycles. The number of piperidine rings is 1. The fourth-order valence-corrected chi connectivity index (χ4v) is 5.81. The van der Waals surface area contributed by atoms with E-state index in [2.05, 4.69) is 34.1 Å². The second kappa shape index (κ2) is 10.9. The lowest BCUT2D eigenvalue weighted by Gasteiger charge is -2.39. The van der Waals surface area contributed by atoms with Crippen molar-refractivity contribution in [3.63, 3.8) is 0 Å². The molecule has 0 aliphatic carbocycles. The smallest absolute Gasteiger partial charge is 0.272 e. The maximum atomic E-state index is 13.0. The number of rotatable bonds is 7. The number of fused-ring (bicyclic) bond motifs is 2. The molecule has 188 valence electrons. The van der Waals surface area contributed by atoms with Gasteiger partial charge < -0.3 is 14.5 Å². The topological polar surface area (TPSA) is 45.7 Å². The Labute approximate surface area is 223 Å². The largest absolute Gasteiger partial charge is 0.365 e. The maximum absolute atomic E-state index is 13.0. The molecule has 1 atom stereocenters. The summed E-state index contributed by atoms with van der Waals surface area (Å²) >= 11 is 12.6. The molecule has 3 heterocycles. The summed E-state index contributed by atoms with van der Waals surface area (Å²) in [6.07, 6.45) is 4.55. The van der Waals surface area contributed by atoms with E-state index in [9.17, 15) is 4.79 Å². The highest BCUT2D eigenvalue weighted by Gasteiger charge is 2.42. The first kappa shape index (κ1) is 25.2. The molecule has 0 bridgehead atoms. The average Bonchev–Trinajstić information content (AvgIpc) is 3.27. The number of hydrogen-bond acceptors (Lipinski definition) is 4. The SMILES string of the molecule is CN(CC(CCN1CCC2(CC1)OCc1ccccc12)c1ccc(Cl)c(Cl)c1)C(=O)c1ccccn1. The van der Waals surface area contributed by atoms with Crippen LogP contribution in [0.1, 0.15) is 52.4 Å². The molecule has 1 amide bonds. The van der Waals surface area contributed by atoms with Crippen molar-refractivity contribution in [3.8, 4) is 0 Å². The molecule has 0 N–H and O–H groups in total. The van der Waals surface area contributed by atoms with E-state index in [4.69, 9.17) is 27.9 Å². The Hall–Kier alpha value is -2.44. The number of halogens is 2. The van der Waals surface area contributed by atoms with E-state index < -0.39 is 0 Å². The van der Waals surface area contributed by atoms with Gasteiger partial charge in [-0.15, -0.1) is 0 Å². The summed E-state index contributed by atoms with van der Waals surface area (Å²) in [5.41, 5.74) is 4.10. The Morgan fingerprint density at radius 2 is 1.86 bits per heavy atom. The van der Waals surface area contributed by atoms with Crippen LogP contribution in [-0.2, 0) is 16.9 Å². The van der Waals surface area contributed by atoms with E-state index in [0.717, 1.165) is 44.5 Å². The van der Waals surface area contributed by atoms with Gasteiger partial charge in [-0.2, -0.15) is 0 Å². The molecule has 1 saturated heterocycles. The molecule has 5 rings (SSSR count). The van der Waals surface area contributed by atoms with Crippen LogP contribution >= 0.6 is 23.2 Å². The number of carbonyl (C=O) groups is 1. The molecule has 2 aliphatic heterocycles. The minimum Gasteiger partial charge on any atom is -0.365 e. The van der Waals surface area contributed by atoms with Crippen molar-refractivity contribution in [2.45, 2.75) is 37.4 Å². The molecule has 7 heteroatoms. The van der Waals surface area contributed by atoms with Crippen molar-refractivity contribution in [1.82, 2.24) is 14.8 Å². The summed E-state index contributed by atoms with van der Waals surface area (Å²) in [4.78, 5) is 21.5. The number of benzene rings is 2. The van der Waals surface area contributed by atoms with Gasteiger partial charge in [0, 0.05) is 38.8 Å². The van der Waals surface area contributed by atoms with Crippen molar-refractivity contribution in [2.75, 3.05) is 33.2 Å². The number of pyridine rings is 1. The van der Waals surface area contributed by atoms with Crippen LogP contribution in [0.5, 0.6) is 0 Å². The van der Waals surface area contributed by atoms with Crippen LogP contribution in [0.2, 0.25) is 10.0 Å². The Balaban J connectivity index is 1.25. The Bertz CT molecular complexity index is 1210. The Kier molecular flexibility index (Phi) is 7.63. The number of carbonyl (C=O) groups excluding carboxylic acids is 1. The number of likely N-dealkylation sites (N-methyl/N-ethyl adjacent to an activating group) is 1. The summed E-state index contributed by atoms with van der Waals surface area (Å²) in [7, 11) is 1.83. The van der Waals surface area contributed by atoms with E-state index in [0.29, 0.717) is 28.9 Å². The molecular formula is C29H31Cl2N3O2. The third-order valence-corrected chi connectivity index (χ3v) is 8.35. The van der Waals surface area contributed by atoms with Crippen LogP contribution in [0.15, 0.2) is 66.9 Å². The zero-order chi connectivity index (χ0) is 25.1. The fraction of sp³-hybridized carbons (Fsp3) is 0.379. The van der Waals surface area contributed by atoms with Gasteiger partial charge in [-0.3, -0.25) is 9.78 Å². The quantitative estimate of drug-likeness (QED) is 0.372. The van der Waals surface area contributed by atoms with E-state index in [1.165, 1.54) is 11.1 Å². The lowest BCUT2D eigenvalue weighted by atomic mass is 9.83. The molecule has 1 aromatic heterocycles. The van der Waals surface area contributed by atoms with Crippen LogP contribution in [0.4, 0.5) is 0 Å². The van der Waals surface area contributed by atoms with Gasteiger partial charge in [-0.05, 0) is 66.8 Å². The normalized spacial score (nSPS) is 17.6. The van der Waals surface area contributed by atoms with Crippen molar-refractivity contribution < 1.29 is 9.53 Å². The molecule has 2 aliphatic rings. The molecule has 0 saturated carbocycles. The van der Waals surface area contributed by atoms with Crippen molar-refractivity contribution >= 4 is 29.1 Å². The Morgan fingerprint density at radius 3 is 2.61 bits per heavy atom. The maximum Gasteiger partial charge on any atom is 0.272 e. The van der Waals surface area contributed by atoms with Crippen LogP contribution in [0, 0.1) is 0 Å². The molecule has 5 nitrogen and oxygen atoms in total. The first-order valence-corrected chi connectivity index (χ1v) is 13.3. The molecule has 3 aromatic rings. The predicted molar refractivity (Wildman–Crippen MR) is 144 cm³/mol. The third kappa shape index (κ3) is 5.30. The number of nitrogens with zero attached hydrogens (tertiary/aromatic N) is 3. The van der Waals surface area contributed by atoms with E-state index >= 15 is 0 Å². The summed E-state index contributed by atoms with van der Waals surface area (Å²) in [6, 6.07) is 19.8. The standard InChI is InChI=1S/C29H31Cl2N3O2/c1-33(28(35)27-8-4-5-14-32-27)19-22(21-9-10-25(30)26(31)18-21)11-15-34-16-12-29(13-17-34)24-7-3-2-6-23(24)20-36-29/h2-10,14,18,22H,11-13,15-17,19-20H2,1H3. The van der Waals surface area contributed by atoms with E-state index in [-0.39, 0.29) is 17.4 Å². The minimum absolute atomic E-state index is 0.0855. The van der Waals surface area contributed by atoms with Crippen LogP contribution in [0.25, 0.3) is 0 Å². The summed E-state index contributed by atoms with van der Waals surface area (Å²) < 4.78 is 6.34. The van der Waals surface area contributed by atoms with Gasteiger partial charge in [0.15, 0.2) is 0 Å². The van der Waals surface area contributed by atoms with Gasteiger partial charge in [0.2, 0.25) is 0 Å². The Morgan fingerprint density at radius 1 is 1.08 bits per heavy atom.